The molecule has 0 aromatic rings. The standard InChI is InChI=1S/C43H75NO2/c1-5-7-9-11-13-15-17-19-21-22-24-26-28-30-32-34-36-39-43(45-41-42(46-43)37-40-44(3)4)38-35-33-31-29-27-25-23-20-18-16-14-12-10-8-6-2/h7-10,13-16,19-21,23,42H,5-6,11-12,17-18,22,24-41H2,1-4H3/b9-7-,10-8-,15-13-,16-14-,21-19-,23-20-. The Morgan fingerprint density at radius 1 is 0.522 bits per heavy atom. The van der Waals surface area contributed by atoms with E-state index in [4.69, 9.17) is 9.47 Å². The summed E-state index contributed by atoms with van der Waals surface area (Å²) in [7, 11) is 4.29. The van der Waals surface area contributed by atoms with Crippen LogP contribution in [0.25, 0.3) is 0 Å². The van der Waals surface area contributed by atoms with E-state index in [0.29, 0.717) is 0 Å². The average Bonchev–Trinajstić information content (AvgIpc) is 3.46. The summed E-state index contributed by atoms with van der Waals surface area (Å²) in [5.41, 5.74) is 0. The van der Waals surface area contributed by atoms with Crippen molar-refractivity contribution < 1.29 is 9.47 Å². The van der Waals surface area contributed by atoms with Crippen molar-refractivity contribution in [2.24, 2.45) is 0 Å². The van der Waals surface area contributed by atoms with Gasteiger partial charge in [0.2, 0.25) is 0 Å². The molecule has 2 atom stereocenters. The molecule has 0 spiro atoms. The zero-order chi connectivity index (χ0) is 33.2. The highest BCUT2D eigenvalue weighted by Gasteiger charge is 2.40. The number of allylic oxidation sites excluding steroid dienone is 12. The highest BCUT2D eigenvalue weighted by molar-refractivity contribution is 4.98. The molecule has 0 saturated carbocycles. The van der Waals surface area contributed by atoms with E-state index in [1.165, 1.54) is 89.9 Å². The van der Waals surface area contributed by atoms with Gasteiger partial charge < -0.3 is 14.4 Å². The van der Waals surface area contributed by atoms with Crippen LogP contribution in [0.4, 0.5) is 0 Å². The van der Waals surface area contributed by atoms with Crippen molar-refractivity contribution in [2.45, 2.75) is 173 Å². The maximum atomic E-state index is 6.67. The molecule has 1 heterocycles. The Balaban J connectivity index is 2.18. The van der Waals surface area contributed by atoms with Gasteiger partial charge in [-0.25, -0.2) is 0 Å². The monoisotopic (exact) mass is 638 g/mol. The molecule has 2 unspecified atom stereocenters. The minimum absolute atomic E-state index is 0.254. The average molecular weight is 638 g/mol. The maximum Gasteiger partial charge on any atom is 0.168 e. The zero-order valence-electron chi connectivity index (χ0n) is 30.9. The molecule has 0 N–H and O–H groups in total. The Kier molecular flexibility index (Phi) is 29.4. The quantitative estimate of drug-likeness (QED) is 0.0557. The van der Waals surface area contributed by atoms with Gasteiger partial charge in [0.1, 0.15) is 0 Å². The van der Waals surface area contributed by atoms with Crippen molar-refractivity contribution in [3.8, 4) is 0 Å². The molecule has 0 aliphatic carbocycles. The van der Waals surface area contributed by atoms with Crippen LogP contribution in [0.1, 0.15) is 162 Å². The fourth-order valence-corrected chi connectivity index (χ4v) is 5.93. The summed E-state index contributed by atoms with van der Waals surface area (Å²) in [5.74, 6) is -0.326. The third kappa shape index (κ3) is 26.4. The molecule has 1 saturated heterocycles. The molecule has 46 heavy (non-hydrogen) atoms. The minimum Gasteiger partial charge on any atom is -0.347 e. The van der Waals surface area contributed by atoms with Crippen LogP contribution < -0.4 is 0 Å². The van der Waals surface area contributed by atoms with Crippen LogP contribution in [0.3, 0.4) is 0 Å². The van der Waals surface area contributed by atoms with Crippen LogP contribution >= 0.6 is 0 Å². The van der Waals surface area contributed by atoms with Gasteiger partial charge in [0.15, 0.2) is 5.79 Å². The Morgan fingerprint density at radius 3 is 1.35 bits per heavy atom. The van der Waals surface area contributed by atoms with E-state index in [0.717, 1.165) is 70.9 Å². The van der Waals surface area contributed by atoms with Gasteiger partial charge in [0, 0.05) is 19.4 Å². The second-order valence-electron chi connectivity index (χ2n) is 13.5. The first kappa shape index (κ1) is 42.3. The Bertz CT molecular complexity index is 836. The lowest BCUT2D eigenvalue weighted by Crippen LogP contribution is -2.31. The molecule has 1 rings (SSSR count). The van der Waals surface area contributed by atoms with Gasteiger partial charge >= 0.3 is 0 Å². The van der Waals surface area contributed by atoms with E-state index >= 15 is 0 Å². The molecule has 3 heteroatoms. The van der Waals surface area contributed by atoms with Gasteiger partial charge in [-0.15, -0.1) is 0 Å². The number of ether oxygens (including phenoxy) is 2. The predicted molar refractivity (Wildman–Crippen MR) is 204 cm³/mol. The molecule has 0 aromatic heterocycles. The summed E-state index contributed by atoms with van der Waals surface area (Å²) in [6.07, 6.45) is 55.5. The molecule has 1 aliphatic heterocycles. The summed E-state index contributed by atoms with van der Waals surface area (Å²) < 4.78 is 13.1. The molecule has 3 nitrogen and oxygen atoms in total. The summed E-state index contributed by atoms with van der Waals surface area (Å²) in [5, 5.41) is 0. The van der Waals surface area contributed by atoms with E-state index in [9.17, 15) is 0 Å². The van der Waals surface area contributed by atoms with Crippen LogP contribution in [0.2, 0.25) is 0 Å². The van der Waals surface area contributed by atoms with Crippen molar-refractivity contribution in [1.29, 1.82) is 0 Å². The molecule has 0 amide bonds. The number of rotatable bonds is 31. The van der Waals surface area contributed by atoms with Crippen LogP contribution in [-0.2, 0) is 9.47 Å². The first-order valence-corrected chi connectivity index (χ1v) is 19.5. The van der Waals surface area contributed by atoms with Gasteiger partial charge in [-0.05, 0) is 97.6 Å². The lowest BCUT2D eigenvalue weighted by molar-refractivity contribution is -0.180. The molecule has 1 aliphatic rings. The largest absolute Gasteiger partial charge is 0.347 e. The molecule has 0 bridgehead atoms. The second kappa shape index (κ2) is 31.9. The smallest absolute Gasteiger partial charge is 0.168 e. The minimum atomic E-state index is -0.326. The fraction of sp³-hybridized carbons (Fsp3) is 0.721. The highest BCUT2D eigenvalue weighted by atomic mass is 16.7. The number of hydrogen-bond acceptors (Lipinski definition) is 3. The topological polar surface area (TPSA) is 21.7 Å². The second-order valence-corrected chi connectivity index (χ2v) is 13.5. The van der Waals surface area contributed by atoms with Crippen LogP contribution in [0.15, 0.2) is 72.9 Å². The van der Waals surface area contributed by atoms with Crippen molar-refractivity contribution in [2.75, 3.05) is 27.2 Å². The van der Waals surface area contributed by atoms with Crippen molar-refractivity contribution in [3.63, 3.8) is 0 Å². The zero-order valence-corrected chi connectivity index (χ0v) is 30.9. The molecule has 0 aromatic carbocycles. The van der Waals surface area contributed by atoms with Crippen LogP contribution in [0.5, 0.6) is 0 Å². The molecular weight excluding hydrogens is 562 g/mol. The summed E-state index contributed by atoms with van der Waals surface area (Å²) in [4.78, 5) is 2.25. The Labute approximate surface area is 287 Å². The summed E-state index contributed by atoms with van der Waals surface area (Å²) >= 11 is 0. The predicted octanol–water partition coefficient (Wildman–Crippen LogP) is 13.0. The molecular formula is C43H75NO2. The maximum absolute atomic E-state index is 6.67. The van der Waals surface area contributed by atoms with Gasteiger partial charge in [-0.2, -0.15) is 0 Å². The Morgan fingerprint density at radius 2 is 0.913 bits per heavy atom. The van der Waals surface area contributed by atoms with Crippen molar-refractivity contribution in [3.05, 3.63) is 72.9 Å². The van der Waals surface area contributed by atoms with E-state index < -0.39 is 0 Å². The van der Waals surface area contributed by atoms with Gasteiger partial charge in [0.25, 0.3) is 0 Å². The SMILES string of the molecule is CC/C=C\C/C=C\C/C=C\CCCCCCCCCC1(CCCCCCC/C=C\C/C=C\C/C=C\CC)OCC(CCN(C)C)O1. The first-order chi connectivity index (χ1) is 22.6. The fourth-order valence-electron chi connectivity index (χ4n) is 5.93. The van der Waals surface area contributed by atoms with Gasteiger partial charge in [0.05, 0.1) is 12.7 Å². The number of unbranched alkanes of at least 4 members (excludes halogenated alkanes) is 12. The highest BCUT2D eigenvalue weighted by Crippen LogP contribution is 2.35. The van der Waals surface area contributed by atoms with E-state index in [-0.39, 0.29) is 11.9 Å². The first-order valence-electron chi connectivity index (χ1n) is 19.5. The van der Waals surface area contributed by atoms with Crippen LogP contribution in [0, 0.1) is 0 Å². The normalized spacial score (nSPS) is 19.4. The molecule has 0 radical (unpaired) electrons. The van der Waals surface area contributed by atoms with Gasteiger partial charge in [-0.1, -0.05) is 138 Å². The number of nitrogens with zero attached hydrogens (tertiary/aromatic N) is 1. The van der Waals surface area contributed by atoms with Crippen molar-refractivity contribution in [1.82, 2.24) is 4.90 Å². The summed E-state index contributed by atoms with van der Waals surface area (Å²) in [6.45, 7) is 6.20. The van der Waals surface area contributed by atoms with Crippen LogP contribution in [-0.4, -0.2) is 44.0 Å². The van der Waals surface area contributed by atoms with Gasteiger partial charge in [-0.3, -0.25) is 0 Å². The Hall–Kier alpha value is -1.68. The van der Waals surface area contributed by atoms with E-state index in [1.54, 1.807) is 0 Å². The third-order valence-electron chi connectivity index (χ3n) is 8.73. The lowest BCUT2D eigenvalue weighted by Gasteiger charge is -2.29. The third-order valence-corrected chi connectivity index (χ3v) is 8.73. The van der Waals surface area contributed by atoms with Crippen molar-refractivity contribution >= 4 is 0 Å². The van der Waals surface area contributed by atoms with E-state index in [1.807, 2.05) is 0 Å². The number of hydrogen-bond donors (Lipinski definition) is 0. The lowest BCUT2D eigenvalue weighted by atomic mass is 9.98. The molecule has 1 fully saturated rings. The molecule has 264 valence electrons. The summed E-state index contributed by atoms with van der Waals surface area (Å²) in [6, 6.07) is 0. The van der Waals surface area contributed by atoms with E-state index in [2.05, 4.69) is 106 Å².